The van der Waals surface area contributed by atoms with Gasteiger partial charge in [0.1, 0.15) is 0 Å². The molecule has 0 saturated carbocycles. The van der Waals surface area contributed by atoms with Gasteiger partial charge in [0.15, 0.2) is 0 Å². The summed E-state index contributed by atoms with van der Waals surface area (Å²) in [6.45, 7) is 0. The van der Waals surface area contributed by atoms with Gasteiger partial charge < -0.3 is 0 Å². The molecule has 0 spiro atoms. The lowest BCUT2D eigenvalue weighted by Gasteiger charge is -2.12. The van der Waals surface area contributed by atoms with Crippen LogP contribution in [0.2, 0.25) is 0 Å². The zero-order valence-electron chi connectivity index (χ0n) is 12.0. The summed E-state index contributed by atoms with van der Waals surface area (Å²) in [6, 6.07) is 7.96. The van der Waals surface area contributed by atoms with Gasteiger partial charge in [0.05, 0.1) is 4.91 Å². The maximum Gasteiger partial charge on any atom is 0.293 e. The summed E-state index contributed by atoms with van der Waals surface area (Å²) < 4.78 is 0. The number of likely N-dealkylation sites (N-methyl/N-ethyl adjacent to an activating group) is 1. The molecule has 3 nitrogen and oxygen atoms in total. The van der Waals surface area contributed by atoms with Gasteiger partial charge in [-0.2, -0.15) is 0 Å². The number of benzene rings is 1. The van der Waals surface area contributed by atoms with Gasteiger partial charge in [-0.05, 0) is 59.5 Å². The second-order valence-electron chi connectivity index (χ2n) is 5.17. The third-order valence-electron chi connectivity index (χ3n) is 3.64. The Morgan fingerprint density at radius 1 is 1.23 bits per heavy atom. The minimum atomic E-state index is -0.244. The van der Waals surface area contributed by atoms with Crippen LogP contribution in [0.15, 0.2) is 46.4 Å². The molecule has 5 heteroatoms. The molecule has 22 heavy (non-hydrogen) atoms. The Bertz CT molecular complexity index is 749. The van der Waals surface area contributed by atoms with Crippen molar-refractivity contribution in [2.75, 3.05) is 7.05 Å². The Hall–Kier alpha value is -1.78. The highest BCUT2D eigenvalue weighted by Crippen LogP contribution is 2.32. The van der Waals surface area contributed by atoms with Gasteiger partial charge in [0.25, 0.3) is 11.1 Å². The molecule has 0 N–H and O–H groups in total. The molecule has 0 atom stereocenters. The molecule has 1 aromatic carbocycles. The molecule has 112 valence electrons. The van der Waals surface area contributed by atoms with Crippen molar-refractivity contribution in [1.29, 1.82) is 0 Å². The molecule has 3 rings (SSSR count). The molecule has 1 aliphatic carbocycles. The molecule has 2 amide bonds. The van der Waals surface area contributed by atoms with Crippen LogP contribution >= 0.6 is 23.4 Å². The zero-order valence-corrected chi connectivity index (χ0v) is 13.6. The Labute approximate surface area is 138 Å². The number of carbonyl (C=O) groups is 2. The number of amides is 2. The molecular formula is C17H14ClNO2S. The van der Waals surface area contributed by atoms with Crippen molar-refractivity contribution in [3.8, 4) is 0 Å². The molecule has 0 radical (unpaired) electrons. The quantitative estimate of drug-likeness (QED) is 0.740. The fourth-order valence-electron chi connectivity index (χ4n) is 2.38. The molecule has 1 heterocycles. The lowest BCUT2D eigenvalue weighted by molar-refractivity contribution is -0.121. The topological polar surface area (TPSA) is 37.4 Å². The smallest absolute Gasteiger partial charge is 0.272 e. The maximum absolute atomic E-state index is 11.9. The van der Waals surface area contributed by atoms with Crippen molar-refractivity contribution in [3.05, 3.63) is 57.5 Å². The van der Waals surface area contributed by atoms with E-state index in [0.717, 1.165) is 45.7 Å². The van der Waals surface area contributed by atoms with Gasteiger partial charge in [-0.3, -0.25) is 14.5 Å². The van der Waals surface area contributed by atoms with Crippen molar-refractivity contribution in [2.24, 2.45) is 0 Å². The highest BCUT2D eigenvalue weighted by atomic mass is 35.5. The van der Waals surface area contributed by atoms with E-state index in [2.05, 4.69) is 0 Å². The average Bonchev–Trinajstić information content (AvgIpc) is 2.76. The fourth-order valence-corrected chi connectivity index (χ4v) is 3.36. The van der Waals surface area contributed by atoms with Gasteiger partial charge >= 0.3 is 0 Å². The highest BCUT2D eigenvalue weighted by Gasteiger charge is 2.31. The third kappa shape index (κ3) is 3.03. The summed E-state index contributed by atoms with van der Waals surface area (Å²) in [7, 11) is 1.50. The second-order valence-corrected chi connectivity index (χ2v) is 6.65. The number of nitrogens with zero attached hydrogens (tertiary/aromatic N) is 1. The second kappa shape index (κ2) is 6.15. The summed E-state index contributed by atoms with van der Waals surface area (Å²) in [6.07, 6.45) is 7.49. The zero-order chi connectivity index (χ0) is 15.7. The van der Waals surface area contributed by atoms with E-state index in [1.165, 1.54) is 12.6 Å². The Morgan fingerprint density at radius 2 is 2.05 bits per heavy atom. The first-order chi connectivity index (χ1) is 10.5. The number of halogens is 1. The van der Waals surface area contributed by atoms with E-state index < -0.39 is 0 Å². The highest BCUT2D eigenvalue weighted by molar-refractivity contribution is 8.18. The maximum atomic E-state index is 11.9. The lowest BCUT2D eigenvalue weighted by Crippen LogP contribution is -2.22. The van der Waals surface area contributed by atoms with Crippen molar-refractivity contribution in [3.63, 3.8) is 0 Å². The van der Waals surface area contributed by atoms with Gasteiger partial charge in [0.2, 0.25) is 0 Å². The summed E-state index contributed by atoms with van der Waals surface area (Å²) in [5.41, 5.74) is 3.26. The van der Waals surface area contributed by atoms with Crippen LogP contribution in [0.5, 0.6) is 0 Å². The van der Waals surface area contributed by atoms with Crippen molar-refractivity contribution in [1.82, 2.24) is 4.90 Å². The first-order valence-corrected chi connectivity index (χ1v) is 8.11. The van der Waals surface area contributed by atoms with E-state index in [9.17, 15) is 9.59 Å². The summed E-state index contributed by atoms with van der Waals surface area (Å²) in [5, 5.41) is 0.638. The first kappa shape index (κ1) is 15.1. The Morgan fingerprint density at radius 3 is 2.68 bits per heavy atom. The van der Waals surface area contributed by atoms with Crippen molar-refractivity contribution < 1.29 is 9.59 Å². The standard InChI is InChI=1S/C17H14ClNO2S/c1-19-16(20)15(22-17(19)21)10-11-3-2-4-13(9-11)12-5-7-14(18)8-6-12/h2-5,7,9-10H,6,8H2,1H3. The van der Waals surface area contributed by atoms with E-state index in [1.54, 1.807) is 6.08 Å². The molecule has 1 saturated heterocycles. The van der Waals surface area contributed by atoms with Gasteiger partial charge in [-0.1, -0.05) is 35.9 Å². The van der Waals surface area contributed by atoms with Crippen LogP contribution in [-0.2, 0) is 4.79 Å². The van der Waals surface area contributed by atoms with Crippen molar-refractivity contribution >= 4 is 46.2 Å². The van der Waals surface area contributed by atoms with E-state index in [0.29, 0.717) is 4.91 Å². The molecule has 1 aliphatic heterocycles. The SMILES string of the molecule is CN1C(=O)SC(=Cc2cccc(C3=CC=C(Cl)CC3)c2)C1=O. The number of hydrogen-bond donors (Lipinski definition) is 0. The predicted octanol–water partition coefficient (Wildman–Crippen LogP) is 4.65. The largest absolute Gasteiger partial charge is 0.293 e. The van der Waals surface area contributed by atoms with Crippen LogP contribution < -0.4 is 0 Å². The molecular weight excluding hydrogens is 318 g/mol. The predicted molar refractivity (Wildman–Crippen MR) is 91.3 cm³/mol. The van der Waals surface area contributed by atoms with Crippen LogP contribution in [0, 0.1) is 0 Å². The normalized spacial score (nSPS) is 20.5. The first-order valence-electron chi connectivity index (χ1n) is 6.92. The van der Waals surface area contributed by atoms with E-state index in [4.69, 9.17) is 11.6 Å². The molecule has 0 aromatic heterocycles. The summed E-state index contributed by atoms with van der Waals surface area (Å²) >= 11 is 6.96. The fraction of sp³-hybridized carbons (Fsp3) is 0.176. The van der Waals surface area contributed by atoms with Gasteiger partial charge in [-0.15, -0.1) is 0 Å². The monoisotopic (exact) mass is 331 g/mol. The Balaban J connectivity index is 1.90. The molecule has 1 fully saturated rings. The van der Waals surface area contributed by atoms with Crippen LogP contribution in [0.1, 0.15) is 24.0 Å². The number of imide groups is 1. The number of carbonyl (C=O) groups excluding carboxylic acids is 2. The summed E-state index contributed by atoms with van der Waals surface area (Å²) in [5.74, 6) is -0.244. The average molecular weight is 332 g/mol. The van der Waals surface area contributed by atoms with Crippen LogP contribution in [0.4, 0.5) is 4.79 Å². The minimum Gasteiger partial charge on any atom is -0.272 e. The lowest BCUT2D eigenvalue weighted by atomic mass is 9.96. The van der Waals surface area contributed by atoms with E-state index in [-0.39, 0.29) is 11.1 Å². The molecule has 1 aromatic rings. The van der Waals surface area contributed by atoms with Crippen LogP contribution in [0.25, 0.3) is 11.6 Å². The van der Waals surface area contributed by atoms with Gasteiger partial charge in [-0.25, -0.2) is 0 Å². The number of thioether (sulfide) groups is 1. The van der Waals surface area contributed by atoms with E-state index >= 15 is 0 Å². The summed E-state index contributed by atoms with van der Waals surface area (Å²) in [4.78, 5) is 25.1. The third-order valence-corrected chi connectivity index (χ3v) is 4.92. The van der Waals surface area contributed by atoms with Crippen LogP contribution in [0.3, 0.4) is 0 Å². The van der Waals surface area contributed by atoms with Crippen molar-refractivity contribution in [2.45, 2.75) is 12.8 Å². The van der Waals surface area contributed by atoms with Crippen LogP contribution in [-0.4, -0.2) is 23.1 Å². The number of hydrogen-bond acceptors (Lipinski definition) is 3. The van der Waals surface area contributed by atoms with E-state index in [1.807, 2.05) is 36.4 Å². The number of rotatable bonds is 2. The molecule has 0 bridgehead atoms. The van der Waals surface area contributed by atoms with Gasteiger partial charge in [0, 0.05) is 12.1 Å². The number of allylic oxidation sites excluding steroid dienone is 4. The molecule has 2 aliphatic rings. The Kier molecular flexibility index (Phi) is 4.23. The molecule has 0 unspecified atom stereocenters. The minimum absolute atomic E-state index is 0.234.